The van der Waals surface area contributed by atoms with Crippen LogP contribution < -0.4 is 10.1 Å². The summed E-state index contributed by atoms with van der Waals surface area (Å²) in [6, 6.07) is 13.2. The molecule has 0 saturated carbocycles. The van der Waals surface area contributed by atoms with Crippen LogP contribution in [0.15, 0.2) is 47.6 Å². The van der Waals surface area contributed by atoms with Crippen LogP contribution in [0.1, 0.15) is 36.9 Å². The lowest BCUT2D eigenvalue weighted by atomic mass is 10.2. The molecule has 0 saturated heterocycles. The van der Waals surface area contributed by atoms with E-state index in [0.717, 1.165) is 22.6 Å². The summed E-state index contributed by atoms with van der Waals surface area (Å²) in [7, 11) is 0. The number of carbonyl (C=O) groups excluding carboxylic acids is 1. The van der Waals surface area contributed by atoms with Crippen molar-refractivity contribution in [1.82, 2.24) is 14.8 Å². The van der Waals surface area contributed by atoms with Gasteiger partial charge in [0.1, 0.15) is 5.75 Å². The molecule has 8 heteroatoms. The largest absolute Gasteiger partial charge is 0.482 e. The highest BCUT2D eigenvalue weighted by atomic mass is 35.5. The molecule has 30 heavy (non-hydrogen) atoms. The van der Waals surface area contributed by atoms with Gasteiger partial charge in [-0.15, -0.1) is 10.2 Å². The third-order valence-electron chi connectivity index (χ3n) is 4.50. The van der Waals surface area contributed by atoms with Crippen molar-refractivity contribution in [2.45, 2.75) is 45.5 Å². The maximum Gasteiger partial charge on any atom is 0.234 e. The Hall–Kier alpha value is -2.51. The fraction of sp³-hybridized carbons (Fsp3) is 0.318. The summed E-state index contributed by atoms with van der Waals surface area (Å²) >= 11 is 7.38. The SMILES string of the molecule is CCn1c(SCC(=O)Nc2cccc(C)c2)nnc1C(C)Oc1ccc(Cl)cc1C. The Kier molecular flexibility index (Phi) is 7.39. The topological polar surface area (TPSA) is 69.0 Å². The minimum Gasteiger partial charge on any atom is -0.482 e. The number of ether oxygens (including phenoxy) is 1. The van der Waals surface area contributed by atoms with Gasteiger partial charge >= 0.3 is 0 Å². The predicted molar refractivity (Wildman–Crippen MR) is 121 cm³/mol. The molecule has 1 amide bonds. The van der Waals surface area contributed by atoms with Gasteiger partial charge in [0.15, 0.2) is 17.1 Å². The maximum atomic E-state index is 12.3. The molecule has 1 unspecified atom stereocenters. The predicted octanol–water partition coefficient (Wildman–Crippen LogP) is 5.44. The second-order valence-electron chi connectivity index (χ2n) is 6.96. The van der Waals surface area contributed by atoms with Crippen LogP contribution >= 0.6 is 23.4 Å². The standard InChI is InChI=1S/C22H25ClN4O2S/c1-5-27-21(16(4)29-19-10-9-17(23)12-15(19)3)25-26-22(27)30-13-20(28)24-18-8-6-7-14(2)11-18/h6-12,16H,5,13H2,1-4H3,(H,24,28). The molecule has 0 aliphatic rings. The van der Waals surface area contributed by atoms with Gasteiger partial charge in [-0.05, 0) is 69.2 Å². The van der Waals surface area contributed by atoms with Crippen molar-refractivity contribution < 1.29 is 9.53 Å². The molecule has 1 N–H and O–H groups in total. The molecule has 3 rings (SSSR count). The fourth-order valence-electron chi connectivity index (χ4n) is 3.04. The zero-order valence-corrected chi connectivity index (χ0v) is 19.0. The summed E-state index contributed by atoms with van der Waals surface area (Å²) in [5.74, 6) is 1.63. The van der Waals surface area contributed by atoms with E-state index in [4.69, 9.17) is 16.3 Å². The zero-order valence-electron chi connectivity index (χ0n) is 17.5. The summed E-state index contributed by atoms with van der Waals surface area (Å²) < 4.78 is 8.06. The van der Waals surface area contributed by atoms with E-state index in [1.807, 2.05) is 68.7 Å². The lowest BCUT2D eigenvalue weighted by molar-refractivity contribution is -0.113. The van der Waals surface area contributed by atoms with E-state index in [-0.39, 0.29) is 17.8 Å². The normalized spacial score (nSPS) is 11.9. The molecular formula is C22H25ClN4O2S. The molecule has 6 nitrogen and oxygen atoms in total. The quantitative estimate of drug-likeness (QED) is 0.468. The summed E-state index contributed by atoms with van der Waals surface area (Å²) in [6.45, 7) is 8.57. The van der Waals surface area contributed by atoms with Crippen LogP contribution in [0.2, 0.25) is 5.02 Å². The monoisotopic (exact) mass is 444 g/mol. The minimum atomic E-state index is -0.298. The molecule has 0 bridgehead atoms. The molecule has 158 valence electrons. The molecule has 2 aromatic carbocycles. The Bertz CT molecular complexity index is 1040. The number of anilines is 1. The second kappa shape index (κ2) is 10.00. The minimum absolute atomic E-state index is 0.0844. The maximum absolute atomic E-state index is 12.3. The van der Waals surface area contributed by atoms with Crippen molar-refractivity contribution in [3.8, 4) is 5.75 Å². The number of thioether (sulfide) groups is 1. The summed E-state index contributed by atoms with van der Waals surface area (Å²) in [5, 5.41) is 12.9. The molecule has 0 spiro atoms. The van der Waals surface area contributed by atoms with E-state index in [2.05, 4.69) is 15.5 Å². The molecule has 1 aromatic heterocycles. The number of nitrogens with one attached hydrogen (secondary N) is 1. The first-order valence-electron chi connectivity index (χ1n) is 9.72. The van der Waals surface area contributed by atoms with Crippen LogP contribution in [-0.2, 0) is 11.3 Å². The van der Waals surface area contributed by atoms with Crippen molar-refractivity contribution in [2.75, 3.05) is 11.1 Å². The molecule has 0 fully saturated rings. The van der Waals surface area contributed by atoms with Gasteiger partial charge in [-0.2, -0.15) is 0 Å². The van der Waals surface area contributed by atoms with Crippen molar-refractivity contribution in [3.05, 3.63) is 64.4 Å². The Labute approximate surface area is 186 Å². The van der Waals surface area contributed by atoms with Gasteiger partial charge in [0.05, 0.1) is 5.75 Å². The van der Waals surface area contributed by atoms with E-state index < -0.39 is 0 Å². The first-order valence-corrected chi connectivity index (χ1v) is 11.1. The van der Waals surface area contributed by atoms with Crippen LogP contribution in [0.3, 0.4) is 0 Å². The van der Waals surface area contributed by atoms with Gasteiger partial charge in [0, 0.05) is 17.3 Å². The number of aryl methyl sites for hydroxylation is 2. The number of nitrogens with zero attached hydrogens (tertiary/aromatic N) is 3. The molecule has 1 heterocycles. The summed E-state index contributed by atoms with van der Waals surface area (Å²) in [6.07, 6.45) is -0.298. The van der Waals surface area contributed by atoms with E-state index in [9.17, 15) is 4.79 Å². The number of hydrogen-bond acceptors (Lipinski definition) is 5. The first kappa shape index (κ1) is 22.2. The zero-order chi connectivity index (χ0) is 21.7. The smallest absolute Gasteiger partial charge is 0.234 e. The van der Waals surface area contributed by atoms with Crippen LogP contribution in [0.5, 0.6) is 5.75 Å². The van der Waals surface area contributed by atoms with Crippen LogP contribution in [0.4, 0.5) is 5.69 Å². The number of aromatic nitrogens is 3. The van der Waals surface area contributed by atoms with Crippen molar-refractivity contribution in [1.29, 1.82) is 0 Å². The van der Waals surface area contributed by atoms with E-state index >= 15 is 0 Å². The third kappa shape index (κ3) is 5.55. The molecule has 0 aliphatic heterocycles. The molecule has 3 aromatic rings. The number of halogens is 1. The van der Waals surface area contributed by atoms with E-state index in [0.29, 0.717) is 22.5 Å². The van der Waals surface area contributed by atoms with E-state index in [1.54, 1.807) is 6.07 Å². The van der Waals surface area contributed by atoms with Crippen LogP contribution in [0.25, 0.3) is 0 Å². The summed E-state index contributed by atoms with van der Waals surface area (Å²) in [4.78, 5) is 12.3. The second-order valence-corrected chi connectivity index (χ2v) is 8.34. The number of amides is 1. The molecule has 0 radical (unpaired) electrons. The van der Waals surface area contributed by atoms with Gasteiger partial charge < -0.3 is 14.6 Å². The lowest BCUT2D eigenvalue weighted by Gasteiger charge is -2.17. The van der Waals surface area contributed by atoms with E-state index in [1.165, 1.54) is 11.8 Å². The first-order chi connectivity index (χ1) is 14.4. The number of hydrogen-bond donors (Lipinski definition) is 1. The Morgan fingerprint density at radius 3 is 2.73 bits per heavy atom. The molecular weight excluding hydrogens is 420 g/mol. The highest BCUT2D eigenvalue weighted by Crippen LogP contribution is 2.28. The number of rotatable bonds is 8. The fourth-order valence-corrected chi connectivity index (χ4v) is 4.08. The average molecular weight is 445 g/mol. The van der Waals surface area contributed by atoms with Gasteiger partial charge in [0.2, 0.25) is 5.91 Å². The highest BCUT2D eigenvalue weighted by Gasteiger charge is 2.20. The number of carbonyl (C=O) groups is 1. The van der Waals surface area contributed by atoms with Crippen molar-refractivity contribution in [2.24, 2.45) is 0 Å². The van der Waals surface area contributed by atoms with Gasteiger partial charge in [-0.1, -0.05) is 35.5 Å². The van der Waals surface area contributed by atoms with Gasteiger partial charge in [-0.3, -0.25) is 4.79 Å². The molecule has 0 aliphatic carbocycles. The highest BCUT2D eigenvalue weighted by molar-refractivity contribution is 7.99. The van der Waals surface area contributed by atoms with Crippen molar-refractivity contribution in [3.63, 3.8) is 0 Å². The number of benzene rings is 2. The third-order valence-corrected chi connectivity index (χ3v) is 5.70. The van der Waals surface area contributed by atoms with Crippen molar-refractivity contribution >= 4 is 35.0 Å². The Morgan fingerprint density at radius 1 is 1.23 bits per heavy atom. The average Bonchev–Trinajstić information content (AvgIpc) is 3.11. The van der Waals surface area contributed by atoms with Crippen LogP contribution in [-0.4, -0.2) is 26.4 Å². The Morgan fingerprint density at radius 2 is 2.03 bits per heavy atom. The van der Waals surface area contributed by atoms with Crippen LogP contribution in [0, 0.1) is 13.8 Å². The summed E-state index contributed by atoms with van der Waals surface area (Å²) in [5.41, 5.74) is 2.85. The van der Waals surface area contributed by atoms with Gasteiger partial charge in [0.25, 0.3) is 0 Å². The lowest BCUT2D eigenvalue weighted by Crippen LogP contribution is -2.15. The van der Waals surface area contributed by atoms with Gasteiger partial charge in [-0.25, -0.2) is 0 Å². The molecule has 1 atom stereocenters. The Balaban J connectivity index is 1.65.